The summed E-state index contributed by atoms with van der Waals surface area (Å²) in [5.41, 5.74) is 2.18. The van der Waals surface area contributed by atoms with Crippen LogP contribution in [0, 0.1) is 5.82 Å². The number of hydrogen-bond acceptors (Lipinski definition) is 4. The molecule has 0 bridgehead atoms. The van der Waals surface area contributed by atoms with Gasteiger partial charge in [-0.1, -0.05) is 29.3 Å². The fourth-order valence-electron chi connectivity index (χ4n) is 3.72. The second-order valence-corrected chi connectivity index (χ2v) is 8.50. The Balaban J connectivity index is 1.86. The predicted octanol–water partition coefficient (Wildman–Crippen LogP) is 5.12. The molecule has 2 heterocycles. The lowest BCUT2D eigenvalue weighted by molar-refractivity contribution is 0.102. The van der Waals surface area contributed by atoms with Crippen LogP contribution >= 0.6 is 35.4 Å². The third-order valence-corrected chi connectivity index (χ3v) is 6.37. The molecule has 0 aliphatic carbocycles. The number of methoxy groups -OCH3 is 1. The molecule has 10 heteroatoms. The fraction of sp³-hybridized carbons (Fsp3) is 0.227. The number of nitrogens with zero attached hydrogens (tertiary/aromatic N) is 3. The van der Waals surface area contributed by atoms with Crippen LogP contribution in [0.15, 0.2) is 36.5 Å². The maximum Gasteiger partial charge on any atom is 0.258 e. The second-order valence-electron chi connectivity index (χ2n) is 7.32. The van der Waals surface area contributed by atoms with Crippen molar-refractivity contribution >= 4 is 68.7 Å². The van der Waals surface area contributed by atoms with Crippen molar-refractivity contribution in [2.24, 2.45) is 0 Å². The number of benzene rings is 2. The molecule has 1 aliphatic heterocycles. The number of carbonyl (C=O) groups excluding carboxylic acids is 1. The van der Waals surface area contributed by atoms with Gasteiger partial charge in [-0.15, -0.1) is 0 Å². The lowest BCUT2D eigenvalue weighted by atomic mass is 10.1. The number of carbonyl (C=O) groups is 1. The molecule has 4 rings (SSSR count). The Hall–Kier alpha value is -2.52. The van der Waals surface area contributed by atoms with Crippen LogP contribution in [0.3, 0.4) is 0 Å². The molecule has 0 spiro atoms. The first-order chi connectivity index (χ1) is 15.3. The van der Waals surface area contributed by atoms with E-state index in [1.165, 1.54) is 12.1 Å². The molecule has 0 radical (unpaired) electrons. The van der Waals surface area contributed by atoms with E-state index in [0.29, 0.717) is 28.2 Å². The number of fused-ring (bicyclic) bond motifs is 1. The van der Waals surface area contributed by atoms with Gasteiger partial charge in [0, 0.05) is 44.4 Å². The van der Waals surface area contributed by atoms with E-state index in [0.717, 1.165) is 12.1 Å². The minimum absolute atomic E-state index is 0.104. The fourth-order valence-corrected chi connectivity index (χ4v) is 4.57. The maximum absolute atomic E-state index is 14.7. The van der Waals surface area contributed by atoms with Gasteiger partial charge in [0.15, 0.2) is 5.11 Å². The SMILES string of the molecule is COCc1cnc2c(NC(=O)c3c(Cl)cccc3Cl)cc(F)cc2c1N1CCN(C)C1=S. The average Bonchev–Trinajstić information content (AvgIpc) is 3.06. The van der Waals surface area contributed by atoms with Gasteiger partial charge in [0.25, 0.3) is 5.91 Å². The number of anilines is 2. The highest BCUT2D eigenvalue weighted by Crippen LogP contribution is 2.36. The van der Waals surface area contributed by atoms with Gasteiger partial charge in [-0.05, 0) is 36.5 Å². The Labute approximate surface area is 199 Å². The summed E-state index contributed by atoms with van der Waals surface area (Å²) in [6, 6.07) is 7.36. The zero-order valence-electron chi connectivity index (χ0n) is 17.3. The van der Waals surface area contributed by atoms with Crippen molar-refractivity contribution in [2.75, 3.05) is 37.5 Å². The summed E-state index contributed by atoms with van der Waals surface area (Å²) in [5, 5.41) is 4.22. The van der Waals surface area contributed by atoms with Crippen LogP contribution in [-0.4, -0.2) is 48.2 Å². The predicted molar refractivity (Wildman–Crippen MR) is 129 cm³/mol. The van der Waals surface area contributed by atoms with Crippen LogP contribution in [0.1, 0.15) is 15.9 Å². The molecule has 0 unspecified atom stereocenters. The quantitative estimate of drug-likeness (QED) is 0.499. The van der Waals surface area contributed by atoms with Gasteiger partial charge in [0.1, 0.15) is 5.82 Å². The second kappa shape index (κ2) is 9.15. The lowest BCUT2D eigenvalue weighted by Gasteiger charge is -2.24. The van der Waals surface area contributed by atoms with Crippen LogP contribution in [0.5, 0.6) is 0 Å². The molecule has 1 aliphatic rings. The third-order valence-electron chi connectivity index (χ3n) is 5.21. The van der Waals surface area contributed by atoms with Gasteiger partial charge in [-0.2, -0.15) is 0 Å². The number of amides is 1. The van der Waals surface area contributed by atoms with Gasteiger partial charge in [-0.25, -0.2) is 4.39 Å². The van der Waals surface area contributed by atoms with Crippen molar-refractivity contribution < 1.29 is 13.9 Å². The molecule has 1 aromatic heterocycles. The van der Waals surface area contributed by atoms with Crippen LogP contribution in [0.25, 0.3) is 10.9 Å². The third kappa shape index (κ3) is 4.11. The number of aromatic nitrogens is 1. The van der Waals surface area contributed by atoms with Crippen LogP contribution in [-0.2, 0) is 11.3 Å². The normalized spacial score (nSPS) is 13.8. The van der Waals surface area contributed by atoms with E-state index in [9.17, 15) is 9.18 Å². The topological polar surface area (TPSA) is 57.7 Å². The van der Waals surface area contributed by atoms with E-state index in [2.05, 4.69) is 10.3 Å². The summed E-state index contributed by atoms with van der Waals surface area (Å²) in [5.74, 6) is -1.10. The lowest BCUT2D eigenvalue weighted by Crippen LogP contribution is -2.30. The maximum atomic E-state index is 14.7. The highest BCUT2D eigenvalue weighted by Gasteiger charge is 2.28. The first kappa shape index (κ1) is 22.7. The van der Waals surface area contributed by atoms with Crippen LogP contribution in [0.2, 0.25) is 10.0 Å². The molecule has 2 aromatic carbocycles. The molecule has 6 nitrogen and oxygen atoms in total. The minimum Gasteiger partial charge on any atom is -0.380 e. The Morgan fingerprint density at radius 2 is 2.00 bits per heavy atom. The summed E-state index contributed by atoms with van der Waals surface area (Å²) in [6.07, 6.45) is 1.65. The Morgan fingerprint density at radius 3 is 2.62 bits per heavy atom. The summed E-state index contributed by atoms with van der Waals surface area (Å²) >= 11 is 17.9. The van der Waals surface area contributed by atoms with Crippen molar-refractivity contribution in [3.63, 3.8) is 0 Å². The number of hydrogen-bond donors (Lipinski definition) is 1. The number of pyridine rings is 1. The zero-order chi connectivity index (χ0) is 23.0. The Kier molecular flexibility index (Phi) is 6.48. The average molecular weight is 493 g/mol. The summed E-state index contributed by atoms with van der Waals surface area (Å²) < 4.78 is 20.1. The molecule has 0 saturated carbocycles. The van der Waals surface area contributed by atoms with Crippen molar-refractivity contribution in [1.29, 1.82) is 0 Å². The smallest absolute Gasteiger partial charge is 0.258 e. The van der Waals surface area contributed by atoms with E-state index in [-0.39, 0.29) is 27.9 Å². The Bertz CT molecular complexity index is 1220. The molecule has 1 saturated heterocycles. The van der Waals surface area contributed by atoms with Crippen molar-refractivity contribution in [3.05, 3.63) is 63.5 Å². The first-order valence-electron chi connectivity index (χ1n) is 9.70. The highest BCUT2D eigenvalue weighted by atomic mass is 35.5. The molecular formula is C22H19Cl2FN4O2S. The van der Waals surface area contributed by atoms with E-state index >= 15 is 0 Å². The van der Waals surface area contributed by atoms with Gasteiger partial charge in [0.05, 0.1) is 39.1 Å². The van der Waals surface area contributed by atoms with Gasteiger partial charge < -0.3 is 19.9 Å². The van der Waals surface area contributed by atoms with Gasteiger partial charge in [-0.3, -0.25) is 9.78 Å². The van der Waals surface area contributed by atoms with Crippen LogP contribution in [0.4, 0.5) is 15.8 Å². The number of ether oxygens (including phenoxy) is 1. The van der Waals surface area contributed by atoms with Crippen LogP contribution < -0.4 is 10.2 Å². The number of likely N-dealkylation sites (N-methyl/N-ethyl adjacent to an activating group) is 1. The molecule has 32 heavy (non-hydrogen) atoms. The van der Waals surface area contributed by atoms with E-state index in [1.807, 2.05) is 16.8 Å². The van der Waals surface area contributed by atoms with Gasteiger partial charge in [0.2, 0.25) is 0 Å². The van der Waals surface area contributed by atoms with E-state index in [1.54, 1.807) is 31.5 Å². The van der Waals surface area contributed by atoms with E-state index < -0.39 is 11.7 Å². The summed E-state index contributed by atoms with van der Waals surface area (Å²) in [6.45, 7) is 1.64. The molecular weight excluding hydrogens is 474 g/mol. The van der Waals surface area contributed by atoms with Gasteiger partial charge >= 0.3 is 0 Å². The molecule has 3 aromatic rings. The molecule has 0 atom stereocenters. The summed E-state index contributed by atoms with van der Waals surface area (Å²) in [4.78, 5) is 21.3. The molecule has 1 N–H and O–H groups in total. The van der Waals surface area contributed by atoms with Crippen molar-refractivity contribution in [1.82, 2.24) is 9.88 Å². The molecule has 166 valence electrons. The molecule has 1 amide bonds. The standard InChI is InChI=1S/C22H19Cl2FN4O2S/c1-28-6-7-29(22(28)32)20-12(11-31-2)10-26-19-14(20)8-13(25)9-17(19)27-21(30)18-15(23)4-3-5-16(18)24/h3-5,8-10H,6-7,11H2,1-2H3,(H,27,30). The highest BCUT2D eigenvalue weighted by molar-refractivity contribution is 7.80. The monoisotopic (exact) mass is 492 g/mol. The zero-order valence-corrected chi connectivity index (χ0v) is 19.6. The summed E-state index contributed by atoms with van der Waals surface area (Å²) in [7, 11) is 3.48. The minimum atomic E-state index is -0.562. The van der Waals surface area contributed by atoms with Crippen molar-refractivity contribution in [3.8, 4) is 0 Å². The number of thiocarbonyl (C=S) groups is 1. The number of rotatable bonds is 5. The Morgan fingerprint density at radius 1 is 1.28 bits per heavy atom. The largest absolute Gasteiger partial charge is 0.380 e. The number of halogens is 3. The molecule has 1 fully saturated rings. The van der Waals surface area contributed by atoms with E-state index in [4.69, 9.17) is 40.2 Å². The van der Waals surface area contributed by atoms with Crippen molar-refractivity contribution in [2.45, 2.75) is 6.61 Å². The number of nitrogens with one attached hydrogen (secondary N) is 1. The first-order valence-corrected chi connectivity index (χ1v) is 10.9.